The first kappa shape index (κ1) is 11.5. The number of ether oxygens (including phenoxy) is 1. The number of likely N-dealkylation sites (tertiary alicyclic amines) is 1. The predicted octanol–water partition coefficient (Wildman–Crippen LogP) is 0.0892. The van der Waals surface area contributed by atoms with Crippen LogP contribution in [-0.4, -0.2) is 50.7 Å². The van der Waals surface area contributed by atoms with Gasteiger partial charge in [-0.1, -0.05) is 6.92 Å². The van der Waals surface area contributed by atoms with Crippen molar-refractivity contribution < 1.29 is 9.53 Å². The van der Waals surface area contributed by atoms with Crippen molar-refractivity contribution in [3.05, 3.63) is 0 Å². The smallest absolute Gasteiger partial charge is 0.226 e. The highest BCUT2D eigenvalue weighted by Crippen LogP contribution is 2.14. The molecule has 1 aliphatic heterocycles. The Kier molecular flexibility index (Phi) is 4.35. The Morgan fingerprint density at radius 2 is 2.43 bits per heavy atom. The fourth-order valence-corrected chi connectivity index (χ4v) is 1.83. The minimum absolute atomic E-state index is 0.0654. The van der Waals surface area contributed by atoms with E-state index < -0.39 is 0 Å². The second-order valence-electron chi connectivity index (χ2n) is 3.89. The molecule has 1 unspecified atom stereocenters. The SMILES string of the molecule is CNCC(C)C(=O)N1CC[C@H](OC)C1. The predicted molar refractivity (Wildman–Crippen MR) is 55.1 cm³/mol. The van der Waals surface area contributed by atoms with Gasteiger partial charge in [-0.15, -0.1) is 0 Å². The highest BCUT2D eigenvalue weighted by Gasteiger charge is 2.28. The normalized spacial score (nSPS) is 23.9. The van der Waals surface area contributed by atoms with Crippen LogP contribution < -0.4 is 5.32 Å². The van der Waals surface area contributed by atoms with Gasteiger partial charge < -0.3 is 15.0 Å². The lowest BCUT2D eigenvalue weighted by molar-refractivity contribution is -0.134. The van der Waals surface area contributed by atoms with Crippen molar-refractivity contribution in [3.63, 3.8) is 0 Å². The number of hydrogen-bond donors (Lipinski definition) is 1. The van der Waals surface area contributed by atoms with Crippen LogP contribution in [0, 0.1) is 5.92 Å². The van der Waals surface area contributed by atoms with E-state index in [4.69, 9.17) is 4.74 Å². The van der Waals surface area contributed by atoms with Gasteiger partial charge in [0, 0.05) is 32.7 Å². The van der Waals surface area contributed by atoms with E-state index in [2.05, 4.69) is 5.32 Å². The minimum Gasteiger partial charge on any atom is -0.380 e. The van der Waals surface area contributed by atoms with Crippen molar-refractivity contribution in [2.45, 2.75) is 19.4 Å². The molecule has 0 spiro atoms. The zero-order valence-corrected chi connectivity index (χ0v) is 9.25. The molecule has 82 valence electrons. The molecule has 1 amide bonds. The van der Waals surface area contributed by atoms with E-state index in [1.807, 2.05) is 18.9 Å². The van der Waals surface area contributed by atoms with E-state index in [-0.39, 0.29) is 17.9 Å². The lowest BCUT2D eigenvalue weighted by atomic mass is 10.1. The Bertz CT molecular complexity index is 197. The summed E-state index contributed by atoms with van der Waals surface area (Å²) in [6, 6.07) is 0. The number of rotatable bonds is 4. The van der Waals surface area contributed by atoms with E-state index in [1.54, 1.807) is 7.11 Å². The van der Waals surface area contributed by atoms with E-state index in [9.17, 15) is 4.79 Å². The summed E-state index contributed by atoms with van der Waals surface area (Å²) in [4.78, 5) is 13.7. The summed E-state index contributed by atoms with van der Waals surface area (Å²) in [6.07, 6.45) is 1.20. The fourth-order valence-electron chi connectivity index (χ4n) is 1.83. The van der Waals surface area contributed by atoms with Crippen LogP contribution in [-0.2, 0) is 9.53 Å². The van der Waals surface area contributed by atoms with Crippen LogP contribution in [0.3, 0.4) is 0 Å². The van der Waals surface area contributed by atoms with Gasteiger partial charge in [0.05, 0.1) is 6.10 Å². The first-order valence-corrected chi connectivity index (χ1v) is 5.15. The van der Waals surface area contributed by atoms with Crippen LogP contribution in [0.5, 0.6) is 0 Å². The number of methoxy groups -OCH3 is 1. The van der Waals surface area contributed by atoms with Crippen molar-refractivity contribution in [2.75, 3.05) is 33.8 Å². The molecule has 1 aliphatic rings. The topological polar surface area (TPSA) is 41.6 Å². The first-order chi connectivity index (χ1) is 6.69. The van der Waals surface area contributed by atoms with Crippen LogP contribution in [0.2, 0.25) is 0 Å². The average Bonchev–Trinajstić information content (AvgIpc) is 2.65. The maximum Gasteiger partial charge on any atom is 0.226 e. The van der Waals surface area contributed by atoms with Gasteiger partial charge in [0.15, 0.2) is 0 Å². The molecule has 0 radical (unpaired) electrons. The van der Waals surface area contributed by atoms with Crippen LogP contribution in [0.25, 0.3) is 0 Å². The molecule has 1 N–H and O–H groups in total. The highest BCUT2D eigenvalue weighted by atomic mass is 16.5. The zero-order chi connectivity index (χ0) is 10.6. The number of carbonyl (C=O) groups is 1. The summed E-state index contributed by atoms with van der Waals surface area (Å²) >= 11 is 0. The summed E-state index contributed by atoms with van der Waals surface area (Å²) in [6.45, 7) is 4.29. The van der Waals surface area contributed by atoms with Crippen LogP contribution >= 0.6 is 0 Å². The number of nitrogens with zero attached hydrogens (tertiary/aromatic N) is 1. The number of carbonyl (C=O) groups excluding carboxylic acids is 1. The third kappa shape index (κ3) is 2.69. The Morgan fingerprint density at radius 3 is 2.93 bits per heavy atom. The molecule has 4 nitrogen and oxygen atoms in total. The van der Waals surface area contributed by atoms with E-state index in [0.29, 0.717) is 0 Å². The van der Waals surface area contributed by atoms with E-state index in [0.717, 1.165) is 26.1 Å². The molecule has 4 heteroatoms. The van der Waals surface area contributed by atoms with Crippen LogP contribution in [0.1, 0.15) is 13.3 Å². The van der Waals surface area contributed by atoms with Gasteiger partial charge in [0.2, 0.25) is 5.91 Å². The number of nitrogens with one attached hydrogen (secondary N) is 1. The molecule has 1 rings (SSSR count). The summed E-state index contributed by atoms with van der Waals surface area (Å²) in [5, 5.41) is 3.02. The van der Waals surface area contributed by atoms with Crippen molar-refractivity contribution in [1.82, 2.24) is 10.2 Å². The lowest BCUT2D eigenvalue weighted by Crippen LogP contribution is -2.37. The first-order valence-electron chi connectivity index (χ1n) is 5.15. The summed E-state index contributed by atoms with van der Waals surface area (Å²) < 4.78 is 5.22. The molecule has 0 aromatic heterocycles. The zero-order valence-electron chi connectivity index (χ0n) is 9.25. The summed E-state index contributed by atoms with van der Waals surface area (Å²) in [5.41, 5.74) is 0. The lowest BCUT2D eigenvalue weighted by Gasteiger charge is -2.20. The molecule has 0 aromatic carbocycles. The monoisotopic (exact) mass is 200 g/mol. The molecule has 1 saturated heterocycles. The fraction of sp³-hybridized carbons (Fsp3) is 0.900. The molecule has 1 fully saturated rings. The Morgan fingerprint density at radius 1 is 1.71 bits per heavy atom. The summed E-state index contributed by atoms with van der Waals surface area (Å²) in [5.74, 6) is 0.300. The molecule has 2 atom stereocenters. The Hall–Kier alpha value is -0.610. The van der Waals surface area contributed by atoms with Crippen molar-refractivity contribution in [1.29, 1.82) is 0 Å². The summed E-state index contributed by atoms with van der Waals surface area (Å²) in [7, 11) is 3.57. The Balaban J connectivity index is 2.38. The average molecular weight is 200 g/mol. The van der Waals surface area contributed by atoms with Gasteiger partial charge in [0.25, 0.3) is 0 Å². The molecule has 0 aliphatic carbocycles. The largest absolute Gasteiger partial charge is 0.380 e. The molecule has 0 bridgehead atoms. The molecular formula is C10H20N2O2. The third-order valence-electron chi connectivity index (χ3n) is 2.72. The van der Waals surface area contributed by atoms with Gasteiger partial charge in [0.1, 0.15) is 0 Å². The van der Waals surface area contributed by atoms with Gasteiger partial charge in [-0.05, 0) is 13.5 Å². The van der Waals surface area contributed by atoms with Crippen LogP contribution in [0.4, 0.5) is 0 Å². The van der Waals surface area contributed by atoms with E-state index >= 15 is 0 Å². The van der Waals surface area contributed by atoms with Crippen LogP contribution in [0.15, 0.2) is 0 Å². The molecule has 1 heterocycles. The molecule has 14 heavy (non-hydrogen) atoms. The Labute approximate surface area is 85.6 Å². The highest BCUT2D eigenvalue weighted by molar-refractivity contribution is 5.79. The second-order valence-corrected chi connectivity index (χ2v) is 3.89. The number of amides is 1. The van der Waals surface area contributed by atoms with Crippen molar-refractivity contribution >= 4 is 5.91 Å². The van der Waals surface area contributed by atoms with Gasteiger partial charge in [-0.2, -0.15) is 0 Å². The minimum atomic E-state index is 0.0654. The van der Waals surface area contributed by atoms with Crippen molar-refractivity contribution in [2.24, 2.45) is 5.92 Å². The van der Waals surface area contributed by atoms with Gasteiger partial charge >= 0.3 is 0 Å². The maximum absolute atomic E-state index is 11.8. The standard InChI is InChI=1S/C10H20N2O2/c1-8(6-11-2)10(13)12-5-4-9(7-12)14-3/h8-9,11H,4-7H2,1-3H3/t8?,9-/m0/s1. The quantitative estimate of drug-likeness (QED) is 0.699. The molecule has 0 saturated carbocycles. The van der Waals surface area contributed by atoms with E-state index in [1.165, 1.54) is 0 Å². The molecule has 0 aromatic rings. The maximum atomic E-state index is 11.8. The third-order valence-corrected chi connectivity index (χ3v) is 2.72. The van der Waals surface area contributed by atoms with Crippen molar-refractivity contribution in [3.8, 4) is 0 Å². The second kappa shape index (κ2) is 5.32. The van der Waals surface area contributed by atoms with Gasteiger partial charge in [-0.3, -0.25) is 4.79 Å². The number of hydrogen-bond acceptors (Lipinski definition) is 3. The molecular weight excluding hydrogens is 180 g/mol. The van der Waals surface area contributed by atoms with Gasteiger partial charge in [-0.25, -0.2) is 0 Å².